The normalized spacial score (nSPS) is 11.9. The zero-order valence-corrected chi connectivity index (χ0v) is 16.1. The number of carboxylic acids is 1. The van der Waals surface area contributed by atoms with E-state index in [-0.39, 0.29) is 30.0 Å². The summed E-state index contributed by atoms with van der Waals surface area (Å²) in [7, 11) is 0. The van der Waals surface area contributed by atoms with Crippen molar-refractivity contribution >= 4 is 18.4 Å². The highest BCUT2D eigenvalue weighted by atomic mass is 35.5. The van der Waals surface area contributed by atoms with E-state index in [1.165, 1.54) is 24.3 Å². The second kappa shape index (κ2) is 11.7. The van der Waals surface area contributed by atoms with Crippen LogP contribution in [0.25, 0.3) is 0 Å². The first-order chi connectivity index (χ1) is 12.5. The molecule has 0 spiro atoms. The molecule has 0 heterocycles. The van der Waals surface area contributed by atoms with Crippen LogP contribution in [-0.4, -0.2) is 23.7 Å². The van der Waals surface area contributed by atoms with Crippen LogP contribution in [0, 0.1) is 11.6 Å². The van der Waals surface area contributed by atoms with Crippen molar-refractivity contribution in [3.8, 4) is 0 Å². The number of halogens is 3. The molecule has 0 aliphatic carbocycles. The largest absolute Gasteiger partial charge is 0.480 e. The van der Waals surface area contributed by atoms with Crippen molar-refractivity contribution in [3.63, 3.8) is 0 Å². The number of rotatable bonds is 10. The summed E-state index contributed by atoms with van der Waals surface area (Å²) in [6.07, 6.45) is 2.90. The minimum absolute atomic E-state index is 0. The molecule has 2 N–H and O–H groups in total. The van der Waals surface area contributed by atoms with Crippen molar-refractivity contribution in [1.29, 1.82) is 0 Å². The summed E-state index contributed by atoms with van der Waals surface area (Å²) in [5, 5.41) is 12.3. The van der Waals surface area contributed by atoms with Crippen molar-refractivity contribution in [3.05, 3.63) is 71.3 Å². The highest BCUT2D eigenvalue weighted by Gasteiger charge is 2.17. The number of nitrogens with one attached hydrogen (secondary N) is 1. The monoisotopic (exact) mass is 397 g/mol. The summed E-state index contributed by atoms with van der Waals surface area (Å²) in [6, 6.07) is 12.1. The summed E-state index contributed by atoms with van der Waals surface area (Å²) < 4.78 is 26.5. The molecule has 2 aromatic carbocycles. The molecule has 1 atom stereocenters. The molecule has 0 amide bonds. The Hall–Kier alpha value is -1.98. The van der Waals surface area contributed by atoms with Crippen LogP contribution >= 0.6 is 12.4 Å². The van der Waals surface area contributed by atoms with E-state index in [1.807, 2.05) is 6.92 Å². The minimum Gasteiger partial charge on any atom is -0.480 e. The molecule has 0 aromatic heterocycles. The van der Waals surface area contributed by atoms with Crippen molar-refractivity contribution in [2.75, 3.05) is 6.54 Å². The third kappa shape index (κ3) is 7.27. The molecule has 27 heavy (non-hydrogen) atoms. The van der Waals surface area contributed by atoms with Crippen LogP contribution in [-0.2, 0) is 4.79 Å². The quantitative estimate of drug-likeness (QED) is 0.545. The Morgan fingerprint density at radius 2 is 1.44 bits per heavy atom. The smallest absolute Gasteiger partial charge is 0.320 e. The van der Waals surface area contributed by atoms with E-state index in [0.717, 1.165) is 30.4 Å². The minimum atomic E-state index is -0.833. The average Bonchev–Trinajstić information content (AvgIpc) is 2.63. The van der Waals surface area contributed by atoms with Gasteiger partial charge in [0.2, 0.25) is 0 Å². The fraction of sp³-hybridized carbons (Fsp3) is 0.381. The van der Waals surface area contributed by atoms with Crippen molar-refractivity contribution < 1.29 is 18.7 Å². The van der Waals surface area contributed by atoms with Gasteiger partial charge >= 0.3 is 5.97 Å². The van der Waals surface area contributed by atoms with E-state index < -0.39 is 12.0 Å². The predicted octanol–water partition coefficient (Wildman–Crippen LogP) is 5.14. The van der Waals surface area contributed by atoms with Crippen LogP contribution in [0.15, 0.2) is 48.5 Å². The maximum absolute atomic E-state index is 13.2. The van der Waals surface area contributed by atoms with Gasteiger partial charge in [0, 0.05) is 5.92 Å². The number of carboxylic acid groups (broad SMARTS) is 1. The second-order valence-electron chi connectivity index (χ2n) is 6.43. The van der Waals surface area contributed by atoms with Gasteiger partial charge in [0.15, 0.2) is 0 Å². The van der Waals surface area contributed by atoms with Crippen LogP contribution < -0.4 is 5.32 Å². The van der Waals surface area contributed by atoms with Crippen molar-refractivity contribution in [1.82, 2.24) is 5.32 Å². The van der Waals surface area contributed by atoms with Crippen LogP contribution in [0.1, 0.15) is 49.7 Å². The number of benzene rings is 2. The summed E-state index contributed by atoms with van der Waals surface area (Å²) >= 11 is 0. The van der Waals surface area contributed by atoms with Gasteiger partial charge in [-0.25, -0.2) is 8.78 Å². The van der Waals surface area contributed by atoms with E-state index >= 15 is 0 Å². The first kappa shape index (κ1) is 23.1. The maximum Gasteiger partial charge on any atom is 0.320 e. The molecule has 2 aromatic rings. The molecule has 0 aliphatic rings. The molecule has 0 radical (unpaired) electrons. The lowest BCUT2D eigenvalue weighted by atomic mass is 9.87. The Balaban J connectivity index is 0.00000364. The van der Waals surface area contributed by atoms with Gasteiger partial charge in [-0.1, -0.05) is 37.6 Å². The molecular formula is C21H26ClF2NO2. The molecule has 0 fully saturated rings. The van der Waals surface area contributed by atoms with Gasteiger partial charge in [0.05, 0.1) is 0 Å². The molecule has 0 saturated carbocycles. The van der Waals surface area contributed by atoms with Crippen LogP contribution in [0.3, 0.4) is 0 Å². The average molecular weight is 398 g/mol. The fourth-order valence-electron chi connectivity index (χ4n) is 3.10. The third-order valence-electron chi connectivity index (χ3n) is 4.48. The van der Waals surface area contributed by atoms with Gasteiger partial charge in [-0.2, -0.15) is 0 Å². The van der Waals surface area contributed by atoms with Crippen LogP contribution in [0.5, 0.6) is 0 Å². The van der Waals surface area contributed by atoms with Gasteiger partial charge < -0.3 is 10.4 Å². The van der Waals surface area contributed by atoms with Gasteiger partial charge in [0.25, 0.3) is 0 Å². The van der Waals surface area contributed by atoms with Crippen molar-refractivity contribution in [2.24, 2.45) is 0 Å². The lowest BCUT2D eigenvalue weighted by Crippen LogP contribution is -2.37. The SMILES string of the molecule is CCCC(NCCCC(c1ccc(F)cc1)c1ccc(F)cc1)C(=O)O.Cl. The number of carbonyl (C=O) groups is 1. The Kier molecular flexibility index (Phi) is 9.97. The Bertz CT molecular complexity index is 647. The maximum atomic E-state index is 13.2. The number of aliphatic carboxylic acids is 1. The lowest BCUT2D eigenvalue weighted by Gasteiger charge is -2.19. The Labute approximate surface area is 165 Å². The Morgan fingerprint density at radius 3 is 1.85 bits per heavy atom. The molecular weight excluding hydrogens is 372 g/mol. The van der Waals surface area contributed by atoms with Crippen LogP contribution in [0.2, 0.25) is 0 Å². The molecule has 0 bridgehead atoms. The third-order valence-corrected chi connectivity index (χ3v) is 4.48. The Morgan fingerprint density at radius 1 is 0.963 bits per heavy atom. The molecule has 0 aliphatic heterocycles. The highest BCUT2D eigenvalue weighted by Crippen LogP contribution is 2.29. The summed E-state index contributed by atoms with van der Waals surface area (Å²) in [6.45, 7) is 2.53. The lowest BCUT2D eigenvalue weighted by molar-refractivity contribution is -0.139. The summed E-state index contributed by atoms with van der Waals surface area (Å²) in [5.41, 5.74) is 1.92. The first-order valence-corrected chi connectivity index (χ1v) is 8.98. The second-order valence-corrected chi connectivity index (χ2v) is 6.43. The predicted molar refractivity (Wildman–Crippen MR) is 105 cm³/mol. The highest BCUT2D eigenvalue weighted by molar-refractivity contribution is 5.85. The first-order valence-electron chi connectivity index (χ1n) is 8.98. The molecule has 1 unspecified atom stereocenters. The van der Waals surface area contributed by atoms with E-state index in [0.29, 0.717) is 13.0 Å². The summed E-state index contributed by atoms with van der Waals surface area (Å²) in [4.78, 5) is 11.2. The standard InChI is InChI=1S/C21H25F2NO2.ClH/c1-2-4-20(21(25)26)24-14-3-5-19(15-6-10-17(22)11-7-15)16-8-12-18(23)13-9-16;/h6-13,19-20,24H,2-5,14H2,1H3,(H,25,26);1H. The van der Waals surface area contributed by atoms with Gasteiger partial charge in [0.1, 0.15) is 17.7 Å². The molecule has 6 heteroatoms. The zero-order valence-electron chi connectivity index (χ0n) is 15.3. The van der Waals surface area contributed by atoms with E-state index in [2.05, 4.69) is 5.32 Å². The molecule has 0 saturated heterocycles. The zero-order chi connectivity index (χ0) is 18.9. The number of hydrogen-bond donors (Lipinski definition) is 2. The van der Waals surface area contributed by atoms with Crippen LogP contribution in [0.4, 0.5) is 8.78 Å². The van der Waals surface area contributed by atoms with Gasteiger partial charge in [-0.15, -0.1) is 12.4 Å². The molecule has 2 rings (SSSR count). The van der Waals surface area contributed by atoms with E-state index in [4.69, 9.17) is 0 Å². The van der Waals surface area contributed by atoms with E-state index in [9.17, 15) is 18.7 Å². The van der Waals surface area contributed by atoms with E-state index in [1.54, 1.807) is 24.3 Å². The summed E-state index contributed by atoms with van der Waals surface area (Å²) in [5.74, 6) is -1.41. The molecule has 3 nitrogen and oxygen atoms in total. The molecule has 148 valence electrons. The topological polar surface area (TPSA) is 49.3 Å². The number of hydrogen-bond acceptors (Lipinski definition) is 2. The van der Waals surface area contributed by atoms with Crippen molar-refractivity contribution in [2.45, 2.75) is 44.6 Å². The van der Waals surface area contributed by atoms with Gasteiger partial charge in [-0.05, 0) is 61.2 Å². The van der Waals surface area contributed by atoms with Gasteiger partial charge in [-0.3, -0.25) is 4.79 Å². The fourth-order valence-corrected chi connectivity index (χ4v) is 3.10.